The lowest BCUT2D eigenvalue weighted by atomic mass is 10.3. The molecule has 2 N–H and O–H groups in total. The van der Waals surface area contributed by atoms with Crippen LogP contribution in [0.2, 0.25) is 0 Å². The Labute approximate surface area is 119 Å². The third-order valence-electron chi connectivity index (χ3n) is 2.92. The van der Waals surface area contributed by atoms with Crippen LogP contribution in [0.1, 0.15) is 18.4 Å². The largest absolute Gasteiger partial charge is 0.341 e. The summed E-state index contributed by atoms with van der Waals surface area (Å²) in [6.45, 7) is 1.98. The average Bonchev–Trinajstić information content (AvgIpc) is 2.87. The molecule has 0 saturated heterocycles. The zero-order valence-electron chi connectivity index (χ0n) is 11.0. The standard InChI is InChI=1S/C14H14N4OS/c1-2-9-7-13(19)18-14(15-9)20-8-12-16-10-5-3-4-6-11(10)17-12/h3-7H,2,8H2,1H3,(H,16,17)(H,15,18,19). The molecular weight excluding hydrogens is 272 g/mol. The highest BCUT2D eigenvalue weighted by atomic mass is 32.2. The minimum absolute atomic E-state index is 0.107. The van der Waals surface area contributed by atoms with Gasteiger partial charge in [0.05, 0.1) is 16.8 Å². The fourth-order valence-corrected chi connectivity index (χ4v) is 2.71. The van der Waals surface area contributed by atoms with Crippen molar-refractivity contribution in [1.29, 1.82) is 0 Å². The summed E-state index contributed by atoms with van der Waals surface area (Å²) in [7, 11) is 0. The third kappa shape index (κ3) is 2.75. The summed E-state index contributed by atoms with van der Waals surface area (Å²) in [5, 5.41) is 0.634. The van der Waals surface area contributed by atoms with Crippen LogP contribution in [0.4, 0.5) is 0 Å². The summed E-state index contributed by atoms with van der Waals surface area (Å²) in [6, 6.07) is 9.43. The van der Waals surface area contributed by atoms with Crippen molar-refractivity contribution < 1.29 is 0 Å². The smallest absolute Gasteiger partial charge is 0.251 e. The van der Waals surface area contributed by atoms with E-state index < -0.39 is 0 Å². The first kappa shape index (κ1) is 12.9. The molecular formula is C14H14N4OS. The predicted molar refractivity (Wildman–Crippen MR) is 79.9 cm³/mol. The topological polar surface area (TPSA) is 74.4 Å². The molecule has 5 nitrogen and oxygen atoms in total. The number of aromatic nitrogens is 4. The summed E-state index contributed by atoms with van der Waals surface area (Å²) in [5.74, 6) is 1.52. The first-order chi connectivity index (χ1) is 9.74. The molecule has 6 heteroatoms. The van der Waals surface area contributed by atoms with Crippen molar-refractivity contribution in [3.05, 3.63) is 52.2 Å². The van der Waals surface area contributed by atoms with Crippen LogP contribution in [-0.2, 0) is 12.2 Å². The highest BCUT2D eigenvalue weighted by Gasteiger charge is 2.05. The van der Waals surface area contributed by atoms with E-state index in [0.29, 0.717) is 10.9 Å². The molecule has 0 spiro atoms. The summed E-state index contributed by atoms with van der Waals surface area (Å²) < 4.78 is 0. The van der Waals surface area contributed by atoms with Gasteiger partial charge in [0.1, 0.15) is 5.82 Å². The summed E-state index contributed by atoms with van der Waals surface area (Å²) in [4.78, 5) is 26.4. The Morgan fingerprint density at radius 3 is 2.85 bits per heavy atom. The van der Waals surface area contributed by atoms with Crippen molar-refractivity contribution >= 4 is 22.8 Å². The summed E-state index contributed by atoms with van der Waals surface area (Å²) in [6.07, 6.45) is 0.752. The van der Waals surface area contributed by atoms with E-state index in [1.165, 1.54) is 17.8 Å². The molecule has 0 aliphatic carbocycles. The van der Waals surface area contributed by atoms with Gasteiger partial charge in [0.25, 0.3) is 5.56 Å². The summed E-state index contributed by atoms with van der Waals surface area (Å²) in [5.41, 5.74) is 2.67. The van der Waals surface area contributed by atoms with Gasteiger partial charge in [-0.15, -0.1) is 0 Å². The van der Waals surface area contributed by atoms with Gasteiger partial charge in [-0.2, -0.15) is 0 Å². The van der Waals surface area contributed by atoms with Crippen molar-refractivity contribution in [1.82, 2.24) is 19.9 Å². The number of nitrogens with zero attached hydrogens (tertiary/aromatic N) is 2. The lowest BCUT2D eigenvalue weighted by molar-refractivity contribution is 0.867. The third-order valence-corrected chi connectivity index (χ3v) is 3.80. The Morgan fingerprint density at radius 1 is 1.20 bits per heavy atom. The number of imidazole rings is 1. The van der Waals surface area contributed by atoms with E-state index in [1.54, 1.807) is 0 Å². The van der Waals surface area contributed by atoms with Crippen LogP contribution < -0.4 is 5.56 Å². The van der Waals surface area contributed by atoms with Crippen molar-refractivity contribution in [2.24, 2.45) is 0 Å². The van der Waals surface area contributed by atoms with E-state index in [9.17, 15) is 4.79 Å². The van der Waals surface area contributed by atoms with E-state index in [4.69, 9.17) is 0 Å². The van der Waals surface area contributed by atoms with E-state index in [0.717, 1.165) is 29.0 Å². The molecule has 2 aromatic heterocycles. The van der Waals surface area contributed by atoms with Gasteiger partial charge in [0, 0.05) is 11.8 Å². The number of para-hydroxylation sites is 2. The number of hydrogen-bond donors (Lipinski definition) is 2. The monoisotopic (exact) mass is 286 g/mol. The Hall–Kier alpha value is -2.08. The maximum Gasteiger partial charge on any atom is 0.251 e. The van der Waals surface area contributed by atoms with Gasteiger partial charge in [-0.3, -0.25) is 4.79 Å². The van der Waals surface area contributed by atoms with Crippen molar-refractivity contribution in [2.45, 2.75) is 24.3 Å². The second-order valence-electron chi connectivity index (χ2n) is 4.38. The van der Waals surface area contributed by atoms with Gasteiger partial charge < -0.3 is 9.97 Å². The van der Waals surface area contributed by atoms with Crippen LogP contribution in [0.3, 0.4) is 0 Å². The molecule has 1 aromatic carbocycles. The Kier molecular flexibility index (Phi) is 3.56. The zero-order chi connectivity index (χ0) is 13.9. The fraction of sp³-hybridized carbons (Fsp3) is 0.214. The summed E-state index contributed by atoms with van der Waals surface area (Å²) >= 11 is 1.47. The molecule has 0 fully saturated rings. The molecule has 0 amide bonds. The predicted octanol–water partition coefficient (Wildman–Crippen LogP) is 2.50. The maximum atomic E-state index is 11.5. The van der Waals surface area contributed by atoms with Crippen LogP contribution in [0.5, 0.6) is 0 Å². The van der Waals surface area contributed by atoms with Gasteiger partial charge in [-0.1, -0.05) is 30.8 Å². The van der Waals surface area contributed by atoms with Crippen LogP contribution in [0.25, 0.3) is 11.0 Å². The number of hydrogen-bond acceptors (Lipinski definition) is 4. The van der Waals surface area contributed by atoms with Gasteiger partial charge in [-0.05, 0) is 18.6 Å². The number of rotatable bonds is 4. The maximum absolute atomic E-state index is 11.5. The normalized spacial score (nSPS) is 11.1. The minimum atomic E-state index is -0.107. The molecule has 2 heterocycles. The molecule has 0 unspecified atom stereocenters. The number of aryl methyl sites for hydroxylation is 1. The quantitative estimate of drug-likeness (QED) is 0.571. The van der Waals surface area contributed by atoms with Gasteiger partial charge >= 0.3 is 0 Å². The van der Waals surface area contributed by atoms with E-state index >= 15 is 0 Å². The Balaban J connectivity index is 1.79. The number of fused-ring (bicyclic) bond motifs is 1. The molecule has 0 atom stereocenters. The second-order valence-corrected chi connectivity index (χ2v) is 5.35. The number of aromatic amines is 2. The molecule has 0 aliphatic rings. The molecule has 0 saturated carbocycles. The lowest BCUT2D eigenvalue weighted by Gasteiger charge is -2.00. The second kappa shape index (κ2) is 5.50. The molecule has 102 valence electrons. The van der Waals surface area contributed by atoms with E-state index in [2.05, 4.69) is 19.9 Å². The van der Waals surface area contributed by atoms with Crippen LogP contribution in [-0.4, -0.2) is 19.9 Å². The van der Waals surface area contributed by atoms with E-state index in [1.807, 2.05) is 31.2 Å². The highest BCUT2D eigenvalue weighted by Crippen LogP contribution is 2.19. The van der Waals surface area contributed by atoms with Crippen LogP contribution in [0.15, 0.2) is 40.3 Å². The Bertz CT molecular complexity index is 760. The molecule has 0 radical (unpaired) electrons. The van der Waals surface area contributed by atoms with Gasteiger partial charge in [0.15, 0.2) is 5.16 Å². The van der Waals surface area contributed by atoms with Crippen LogP contribution in [0, 0.1) is 0 Å². The highest BCUT2D eigenvalue weighted by molar-refractivity contribution is 7.98. The minimum Gasteiger partial charge on any atom is -0.341 e. The zero-order valence-corrected chi connectivity index (χ0v) is 11.8. The van der Waals surface area contributed by atoms with Crippen LogP contribution >= 0.6 is 11.8 Å². The number of H-pyrrole nitrogens is 2. The van der Waals surface area contributed by atoms with Gasteiger partial charge in [-0.25, -0.2) is 9.97 Å². The number of nitrogens with one attached hydrogen (secondary N) is 2. The van der Waals surface area contributed by atoms with E-state index in [-0.39, 0.29) is 5.56 Å². The first-order valence-electron chi connectivity index (χ1n) is 6.41. The van der Waals surface area contributed by atoms with Crippen molar-refractivity contribution in [3.63, 3.8) is 0 Å². The molecule has 0 bridgehead atoms. The van der Waals surface area contributed by atoms with Crippen molar-refractivity contribution in [2.75, 3.05) is 0 Å². The number of thioether (sulfide) groups is 1. The van der Waals surface area contributed by atoms with Crippen molar-refractivity contribution in [3.8, 4) is 0 Å². The molecule has 3 aromatic rings. The molecule has 0 aliphatic heterocycles. The average molecular weight is 286 g/mol. The molecule has 3 rings (SSSR count). The first-order valence-corrected chi connectivity index (χ1v) is 7.40. The number of benzene rings is 1. The Morgan fingerprint density at radius 2 is 2.05 bits per heavy atom. The lowest BCUT2D eigenvalue weighted by Crippen LogP contribution is -2.09. The molecule has 20 heavy (non-hydrogen) atoms. The fourth-order valence-electron chi connectivity index (χ4n) is 1.94. The van der Waals surface area contributed by atoms with Gasteiger partial charge in [0.2, 0.25) is 0 Å². The SMILES string of the molecule is CCc1cc(=O)[nH]c(SCc2nc3ccccc3[nH]2)n1.